The summed E-state index contributed by atoms with van der Waals surface area (Å²) in [5, 5.41) is 10.8. The quantitative estimate of drug-likeness (QED) is 0.548. The number of fused-ring (bicyclic) bond motifs is 1. The van der Waals surface area contributed by atoms with Gasteiger partial charge in [-0.15, -0.1) is 5.10 Å². The van der Waals surface area contributed by atoms with Gasteiger partial charge in [-0.3, -0.25) is 0 Å². The van der Waals surface area contributed by atoms with Crippen LogP contribution in [0.4, 0.5) is 32.2 Å². The Labute approximate surface area is 165 Å². The van der Waals surface area contributed by atoms with Gasteiger partial charge >= 0.3 is 18.3 Å². The van der Waals surface area contributed by atoms with E-state index in [1.54, 1.807) is 0 Å². The molecule has 0 radical (unpaired) electrons. The first kappa shape index (κ1) is 20.9. The van der Waals surface area contributed by atoms with Crippen LogP contribution < -0.4 is 5.73 Å². The van der Waals surface area contributed by atoms with Crippen LogP contribution in [0.5, 0.6) is 0 Å². The second kappa shape index (κ2) is 6.62. The molecule has 0 unspecified atom stereocenters. The minimum atomic E-state index is -5.32. The lowest BCUT2D eigenvalue weighted by Crippen LogP contribution is -2.17. The van der Waals surface area contributed by atoms with Crippen molar-refractivity contribution in [2.45, 2.75) is 12.4 Å². The number of aromatic carboxylic acids is 1. The molecule has 7 nitrogen and oxygen atoms in total. The van der Waals surface area contributed by atoms with Crippen molar-refractivity contribution in [3.63, 3.8) is 0 Å². The zero-order valence-corrected chi connectivity index (χ0v) is 14.9. The second-order valence-electron chi connectivity index (χ2n) is 5.48. The Bertz CT molecular complexity index is 1140. The van der Waals surface area contributed by atoms with Crippen molar-refractivity contribution in [3.8, 4) is 5.69 Å². The van der Waals surface area contributed by atoms with E-state index in [9.17, 15) is 31.1 Å². The van der Waals surface area contributed by atoms with Crippen LogP contribution in [0.25, 0.3) is 16.7 Å². The summed E-state index contributed by atoms with van der Waals surface area (Å²) < 4.78 is 79.2. The highest BCUT2D eigenvalue weighted by Crippen LogP contribution is 2.40. The number of nitrogens with zero attached hydrogens (tertiary/aromatic N) is 4. The van der Waals surface area contributed by atoms with Gasteiger partial charge in [0, 0.05) is 0 Å². The lowest BCUT2D eigenvalue weighted by molar-refractivity contribution is -0.151. The van der Waals surface area contributed by atoms with Crippen LogP contribution >= 0.6 is 23.2 Å². The SMILES string of the molecule is Nc1c2c(C(F)(F)F)nc(C(F)(F)F)nc2nn1-c1c(Cl)cc(C(=O)O)cc1Cl. The maximum atomic E-state index is 13.3. The molecule has 0 fully saturated rings. The molecule has 2 aromatic heterocycles. The van der Waals surface area contributed by atoms with Gasteiger partial charge in [0.2, 0.25) is 5.82 Å². The molecule has 3 rings (SSSR count). The van der Waals surface area contributed by atoms with Crippen molar-refractivity contribution in [3.05, 3.63) is 39.3 Å². The van der Waals surface area contributed by atoms with E-state index in [0.29, 0.717) is 4.68 Å². The van der Waals surface area contributed by atoms with E-state index >= 15 is 0 Å². The fourth-order valence-corrected chi connectivity index (χ4v) is 3.05. The number of halogens is 8. The summed E-state index contributed by atoms with van der Waals surface area (Å²) in [5.41, 5.74) is 2.01. The zero-order valence-electron chi connectivity index (χ0n) is 13.4. The van der Waals surface area contributed by atoms with Gasteiger partial charge in [-0.25, -0.2) is 19.4 Å². The van der Waals surface area contributed by atoms with Crippen molar-refractivity contribution in [2.75, 3.05) is 5.73 Å². The number of alkyl halides is 6. The third-order valence-corrected chi connectivity index (χ3v) is 4.14. The maximum absolute atomic E-state index is 13.3. The molecule has 29 heavy (non-hydrogen) atoms. The van der Waals surface area contributed by atoms with E-state index < -0.39 is 46.7 Å². The van der Waals surface area contributed by atoms with Crippen molar-refractivity contribution >= 4 is 46.0 Å². The molecule has 0 saturated carbocycles. The molecule has 0 saturated heterocycles. The van der Waals surface area contributed by atoms with Gasteiger partial charge in [-0.05, 0) is 12.1 Å². The summed E-state index contributed by atoms with van der Waals surface area (Å²) in [5.74, 6) is -4.27. The molecule has 154 valence electrons. The topological polar surface area (TPSA) is 107 Å². The summed E-state index contributed by atoms with van der Waals surface area (Å²) in [4.78, 5) is 16.6. The Balaban J connectivity index is 2.38. The maximum Gasteiger partial charge on any atom is 0.451 e. The van der Waals surface area contributed by atoms with E-state index in [2.05, 4.69) is 15.1 Å². The van der Waals surface area contributed by atoms with Crippen molar-refractivity contribution in [1.82, 2.24) is 19.7 Å². The zero-order chi connectivity index (χ0) is 21.9. The van der Waals surface area contributed by atoms with Gasteiger partial charge in [0.15, 0.2) is 11.3 Å². The minimum absolute atomic E-state index is 0.351. The summed E-state index contributed by atoms with van der Waals surface area (Å²) >= 11 is 11.9. The van der Waals surface area contributed by atoms with Gasteiger partial charge in [0.25, 0.3) is 0 Å². The summed E-state index contributed by atoms with van der Waals surface area (Å²) in [6.45, 7) is 0. The molecule has 3 aromatic rings. The van der Waals surface area contributed by atoms with Crippen molar-refractivity contribution < 1.29 is 36.2 Å². The Hall–Kier alpha value is -2.80. The second-order valence-corrected chi connectivity index (χ2v) is 6.30. The average molecular weight is 460 g/mol. The van der Waals surface area contributed by atoms with E-state index in [4.69, 9.17) is 34.0 Å². The van der Waals surface area contributed by atoms with Crippen LogP contribution in [0.15, 0.2) is 12.1 Å². The van der Waals surface area contributed by atoms with Gasteiger partial charge < -0.3 is 10.8 Å². The van der Waals surface area contributed by atoms with E-state index in [-0.39, 0.29) is 21.3 Å². The molecule has 0 spiro atoms. The third-order valence-electron chi connectivity index (χ3n) is 3.57. The van der Waals surface area contributed by atoms with E-state index in [0.717, 1.165) is 12.1 Å². The first-order chi connectivity index (χ1) is 13.2. The number of carboxylic acid groups (broad SMARTS) is 1. The number of hydrogen-bond donors (Lipinski definition) is 2. The predicted octanol–water partition coefficient (Wildman–Crippen LogP) is 4.44. The van der Waals surface area contributed by atoms with E-state index in [1.807, 2.05) is 0 Å². The first-order valence-electron chi connectivity index (χ1n) is 7.15. The van der Waals surface area contributed by atoms with Crippen LogP contribution in [0.2, 0.25) is 10.0 Å². The minimum Gasteiger partial charge on any atom is -0.478 e. The number of hydrogen-bond acceptors (Lipinski definition) is 5. The number of carboxylic acids is 1. The summed E-state index contributed by atoms with van der Waals surface area (Å²) in [6, 6.07) is 1.82. The highest BCUT2D eigenvalue weighted by Gasteiger charge is 2.43. The normalized spacial score (nSPS) is 12.6. The standard InChI is InChI=1S/C14H5Cl2F6N5O2/c15-4-1-3(11(28)29)2-5(16)7(4)27-9(23)6-8(13(17,18)19)24-12(14(20,21)22)25-10(6)26-27/h1-2H,23H2,(H,28,29). The Morgan fingerprint density at radius 2 is 1.59 bits per heavy atom. The highest BCUT2D eigenvalue weighted by molar-refractivity contribution is 6.38. The largest absolute Gasteiger partial charge is 0.478 e. The van der Waals surface area contributed by atoms with Gasteiger partial charge in [0.05, 0.1) is 21.0 Å². The number of nitrogen functional groups attached to an aromatic ring is 1. The van der Waals surface area contributed by atoms with Crippen LogP contribution in [0, 0.1) is 0 Å². The van der Waals surface area contributed by atoms with Crippen molar-refractivity contribution in [1.29, 1.82) is 0 Å². The third kappa shape index (κ3) is 3.62. The highest BCUT2D eigenvalue weighted by atomic mass is 35.5. The molecule has 1 aromatic carbocycles. The van der Waals surface area contributed by atoms with Gasteiger partial charge in [-0.2, -0.15) is 26.3 Å². The van der Waals surface area contributed by atoms with E-state index in [1.165, 1.54) is 0 Å². The van der Waals surface area contributed by atoms with Crippen LogP contribution in [0.3, 0.4) is 0 Å². The molecule has 2 heterocycles. The van der Waals surface area contributed by atoms with Crippen LogP contribution in [0.1, 0.15) is 21.9 Å². The Morgan fingerprint density at radius 1 is 1.03 bits per heavy atom. The Kier molecular flexibility index (Phi) is 4.78. The number of carbonyl (C=O) groups is 1. The fourth-order valence-electron chi connectivity index (χ4n) is 2.41. The molecule has 0 bridgehead atoms. The molecule has 15 heteroatoms. The summed E-state index contributed by atoms with van der Waals surface area (Å²) in [7, 11) is 0. The van der Waals surface area contributed by atoms with Crippen molar-refractivity contribution in [2.24, 2.45) is 0 Å². The lowest BCUT2D eigenvalue weighted by Gasteiger charge is -2.11. The molecule has 3 N–H and O–H groups in total. The number of anilines is 1. The summed E-state index contributed by atoms with van der Waals surface area (Å²) in [6.07, 6.45) is -10.6. The fraction of sp³-hybridized carbons (Fsp3) is 0.143. The van der Waals surface area contributed by atoms with Gasteiger partial charge in [-0.1, -0.05) is 23.2 Å². The smallest absolute Gasteiger partial charge is 0.451 e. The number of aromatic nitrogens is 4. The van der Waals surface area contributed by atoms with Crippen LogP contribution in [-0.2, 0) is 12.4 Å². The number of benzene rings is 1. The number of nitrogens with two attached hydrogens (primary N) is 1. The molecule has 0 amide bonds. The molecule has 0 aliphatic carbocycles. The molecule has 0 aliphatic rings. The lowest BCUT2D eigenvalue weighted by atomic mass is 10.2. The average Bonchev–Trinajstić information content (AvgIpc) is 2.88. The molecular weight excluding hydrogens is 455 g/mol. The Morgan fingerprint density at radius 3 is 2.03 bits per heavy atom. The molecule has 0 aliphatic heterocycles. The van der Waals surface area contributed by atoms with Gasteiger partial charge in [0.1, 0.15) is 11.5 Å². The first-order valence-corrected chi connectivity index (χ1v) is 7.90. The molecule has 0 atom stereocenters. The predicted molar refractivity (Wildman–Crippen MR) is 88.1 cm³/mol. The monoisotopic (exact) mass is 459 g/mol. The number of rotatable bonds is 2. The molecular formula is C14H5Cl2F6N5O2. The van der Waals surface area contributed by atoms with Crippen LogP contribution in [-0.4, -0.2) is 30.8 Å².